The number of hydrogen-bond donors (Lipinski definition) is 6. The first-order valence-electron chi connectivity index (χ1n) is 24.2. The molecule has 0 bridgehead atoms. The molecule has 56 heavy (non-hydrogen) atoms. The van der Waals surface area contributed by atoms with Crippen LogP contribution in [0.3, 0.4) is 0 Å². The van der Waals surface area contributed by atoms with E-state index in [1.807, 2.05) is 0 Å². The summed E-state index contributed by atoms with van der Waals surface area (Å²) in [6.07, 6.45) is 35.3. The molecule has 1 fully saturated rings. The van der Waals surface area contributed by atoms with Gasteiger partial charge in [-0.1, -0.05) is 219 Å². The first-order chi connectivity index (χ1) is 27.3. The van der Waals surface area contributed by atoms with Gasteiger partial charge in [0.2, 0.25) is 5.91 Å². The zero-order chi connectivity index (χ0) is 40.9. The van der Waals surface area contributed by atoms with E-state index in [0.29, 0.717) is 12.8 Å². The molecule has 7 atom stereocenters. The largest absolute Gasteiger partial charge is 0.394 e. The number of amides is 1. The van der Waals surface area contributed by atoms with E-state index in [0.717, 1.165) is 38.5 Å². The highest BCUT2D eigenvalue weighted by Crippen LogP contribution is 2.23. The van der Waals surface area contributed by atoms with Crippen molar-refractivity contribution in [1.82, 2.24) is 5.32 Å². The number of rotatable bonds is 41. The molecule has 0 aliphatic carbocycles. The first kappa shape index (κ1) is 53.2. The molecule has 1 heterocycles. The zero-order valence-electron chi connectivity index (χ0n) is 36.7. The van der Waals surface area contributed by atoms with Gasteiger partial charge in [0, 0.05) is 6.42 Å². The molecule has 9 nitrogen and oxygen atoms in total. The minimum absolute atomic E-state index is 0.131. The number of carbonyl (C=O) groups is 1. The van der Waals surface area contributed by atoms with Crippen LogP contribution in [-0.4, -0.2) is 87.5 Å². The number of unbranched alkanes of at least 4 members (excludes halogenated alkanes) is 31. The molecule has 9 heteroatoms. The standard InChI is InChI=1S/C47H93NO8/c1-3-5-7-9-11-13-15-17-19-21-23-25-27-29-31-33-35-37-43(51)48-40(39-55-47-46(54)45(53)44(52)42(38-49)56-47)41(50)36-34-32-30-28-26-24-22-20-18-16-14-12-10-8-6-4-2/h40-42,44-47,49-50,52-54H,3-39H2,1-2H3,(H,48,51)/t40-,41+,42+,44-,45?,46?,47+/m0/s1. The van der Waals surface area contributed by atoms with Crippen molar-refractivity contribution in [3.63, 3.8) is 0 Å². The number of ether oxygens (including phenoxy) is 2. The molecule has 1 saturated heterocycles. The van der Waals surface area contributed by atoms with Crippen LogP contribution >= 0.6 is 0 Å². The van der Waals surface area contributed by atoms with Gasteiger partial charge in [0.05, 0.1) is 25.4 Å². The molecule has 0 radical (unpaired) electrons. The maximum atomic E-state index is 13.0. The molecule has 6 N–H and O–H groups in total. The Morgan fingerprint density at radius 2 is 0.893 bits per heavy atom. The molecule has 334 valence electrons. The Morgan fingerprint density at radius 3 is 1.27 bits per heavy atom. The Hall–Kier alpha value is -0.810. The summed E-state index contributed by atoms with van der Waals surface area (Å²) in [5, 5.41) is 54.4. The maximum absolute atomic E-state index is 13.0. The minimum Gasteiger partial charge on any atom is -0.394 e. The van der Waals surface area contributed by atoms with E-state index in [1.54, 1.807) is 0 Å². The maximum Gasteiger partial charge on any atom is 0.220 e. The lowest BCUT2D eigenvalue weighted by Gasteiger charge is -2.40. The summed E-state index contributed by atoms with van der Waals surface area (Å²) >= 11 is 0. The number of hydrogen-bond acceptors (Lipinski definition) is 8. The molecular formula is C47H93NO8. The third-order valence-electron chi connectivity index (χ3n) is 12.0. The van der Waals surface area contributed by atoms with E-state index >= 15 is 0 Å². The Morgan fingerprint density at radius 1 is 0.536 bits per heavy atom. The van der Waals surface area contributed by atoms with Gasteiger partial charge in [-0.15, -0.1) is 0 Å². The lowest BCUT2D eigenvalue weighted by Crippen LogP contribution is -2.60. The number of aliphatic hydroxyl groups excluding tert-OH is 5. The van der Waals surface area contributed by atoms with Crippen LogP contribution in [0.2, 0.25) is 0 Å². The van der Waals surface area contributed by atoms with Crippen molar-refractivity contribution < 1.29 is 39.8 Å². The van der Waals surface area contributed by atoms with Crippen molar-refractivity contribution in [2.75, 3.05) is 13.2 Å². The smallest absolute Gasteiger partial charge is 0.220 e. The van der Waals surface area contributed by atoms with Crippen LogP contribution in [0.1, 0.15) is 239 Å². The van der Waals surface area contributed by atoms with Crippen molar-refractivity contribution in [1.29, 1.82) is 0 Å². The highest BCUT2D eigenvalue weighted by Gasteiger charge is 2.44. The summed E-state index contributed by atoms with van der Waals surface area (Å²) in [6.45, 7) is 3.86. The zero-order valence-corrected chi connectivity index (χ0v) is 36.7. The summed E-state index contributed by atoms with van der Waals surface area (Å²) in [5.74, 6) is -0.139. The molecular weight excluding hydrogens is 707 g/mol. The molecule has 1 amide bonds. The van der Waals surface area contributed by atoms with E-state index in [1.165, 1.54) is 173 Å². The lowest BCUT2D eigenvalue weighted by atomic mass is 9.99. The molecule has 0 saturated carbocycles. The second kappa shape index (κ2) is 38.4. The van der Waals surface area contributed by atoms with Crippen LogP contribution in [0, 0.1) is 0 Å². The van der Waals surface area contributed by atoms with Crippen LogP contribution in [0.15, 0.2) is 0 Å². The predicted octanol–water partition coefficient (Wildman–Crippen LogP) is 10.3. The Balaban J connectivity index is 2.29. The van der Waals surface area contributed by atoms with Crippen LogP contribution in [0.5, 0.6) is 0 Å². The quantitative estimate of drug-likeness (QED) is 0.0335. The van der Waals surface area contributed by atoms with Gasteiger partial charge in [0.15, 0.2) is 6.29 Å². The lowest BCUT2D eigenvalue weighted by molar-refractivity contribution is -0.302. The molecule has 2 unspecified atom stereocenters. The van der Waals surface area contributed by atoms with Crippen LogP contribution in [0.4, 0.5) is 0 Å². The van der Waals surface area contributed by atoms with Gasteiger partial charge < -0.3 is 40.3 Å². The van der Waals surface area contributed by atoms with Gasteiger partial charge in [-0.05, 0) is 12.8 Å². The number of aliphatic hydroxyl groups is 5. The molecule has 0 aromatic rings. The van der Waals surface area contributed by atoms with Gasteiger partial charge in [-0.3, -0.25) is 4.79 Å². The normalized spacial score (nSPS) is 21.0. The molecule has 1 aliphatic heterocycles. The second-order valence-electron chi connectivity index (χ2n) is 17.3. The third kappa shape index (κ3) is 28.6. The van der Waals surface area contributed by atoms with Crippen molar-refractivity contribution in [3.8, 4) is 0 Å². The highest BCUT2D eigenvalue weighted by atomic mass is 16.7. The van der Waals surface area contributed by atoms with Crippen molar-refractivity contribution >= 4 is 5.91 Å². The molecule has 1 aliphatic rings. The second-order valence-corrected chi connectivity index (χ2v) is 17.3. The Kier molecular flexibility index (Phi) is 36.5. The Labute approximate surface area is 344 Å². The summed E-state index contributed by atoms with van der Waals surface area (Å²) in [7, 11) is 0. The highest BCUT2D eigenvalue weighted by molar-refractivity contribution is 5.76. The molecule has 0 aromatic carbocycles. The van der Waals surface area contributed by atoms with Gasteiger partial charge in [0.25, 0.3) is 0 Å². The molecule has 1 rings (SSSR count). The predicted molar refractivity (Wildman–Crippen MR) is 231 cm³/mol. The minimum atomic E-state index is -1.55. The van der Waals surface area contributed by atoms with E-state index in [2.05, 4.69) is 19.2 Å². The van der Waals surface area contributed by atoms with Crippen molar-refractivity contribution in [2.45, 2.75) is 281 Å². The van der Waals surface area contributed by atoms with Gasteiger partial charge in [0.1, 0.15) is 24.4 Å². The van der Waals surface area contributed by atoms with Crippen LogP contribution in [-0.2, 0) is 14.3 Å². The van der Waals surface area contributed by atoms with Crippen LogP contribution < -0.4 is 5.32 Å². The molecule has 0 spiro atoms. The number of carbonyl (C=O) groups excluding carboxylic acids is 1. The fraction of sp³-hybridized carbons (Fsp3) is 0.979. The first-order valence-corrected chi connectivity index (χ1v) is 24.2. The molecule has 0 aromatic heterocycles. The van der Waals surface area contributed by atoms with Crippen molar-refractivity contribution in [3.05, 3.63) is 0 Å². The van der Waals surface area contributed by atoms with E-state index in [4.69, 9.17) is 9.47 Å². The summed E-state index contributed by atoms with van der Waals surface area (Å²) in [4.78, 5) is 13.0. The average molecular weight is 800 g/mol. The van der Waals surface area contributed by atoms with E-state index < -0.39 is 49.5 Å². The third-order valence-corrected chi connectivity index (χ3v) is 12.0. The topological polar surface area (TPSA) is 149 Å². The van der Waals surface area contributed by atoms with E-state index in [9.17, 15) is 30.3 Å². The fourth-order valence-electron chi connectivity index (χ4n) is 8.04. The summed E-state index contributed by atoms with van der Waals surface area (Å²) in [6, 6.07) is -0.711. The summed E-state index contributed by atoms with van der Waals surface area (Å²) < 4.78 is 11.3. The van der Waals surface area contributed by atoms with E-state index in [-0.39, 0.29) is 12.5 Å². The fourth-order valence-corrected chi connectivity index (χ4v) is 8.04. The monoisotopic (exact) mass is 800 g/mol. The van der Waals surface area contributed by atoms with Gasteiger partial charge in [-0.25, -0.2) is 0 Å². The van der Waals surface area contributed by atoms with Crippen molar-refractivity contribution in [2.24, 2.45) is 0 Å². The average Bonchev–Trinajstić information content (AvgIpc) is 3.20. The van der Waals surface area contributed by atoms with Gasteiger partial charge >= 0.3 is 0 Å². The number of nitrogens with one attached hydrogen (secondary N) is 1. The Bertz CT molecular complexity index is 847. The van der Waals surface area contributed by atoms with Gasteiger partial charge in [-0.2, -0.15) is 0 Å². The SMILES string of the molecule is CCCCCCCCCCCCCCCCCCCC(=O)N[C@@H](CO[C@@H]1O[C@H](CO)[C@H](O)C(O)C1O)[C@H](O)CCCCCCCCCCCCCCCCCC. The van der Waals surface area contributed by atoms with Crippen LogP contribution in [0.25, 0.3) is 0 Å². The summed E-state index contributed by atoms with van der Waals surface area (Å²) in [5.41, 5.74) is 0.